The molecule has 134 valence electrons. The van der Waals surface area contributed by atoms with E-state index in [-0.39, 0.29) is 5.56 Å². The molecule has 11 heteroatoms. The minimum atomic E-state index is -7.01. The second kappa shape index (κ2) is 6.02. The number of alkyl halides is 8. The summed E-state index contributed by atoms with van der Waals surface area (Å²) in [5.74, 6) is -33.2. The van der Waals surface area contributed by atoms with Crippen molar-refractivity contribution in [1.82, 2.24) is 0 Å². The van der Waals surface area contributed by atoms with Crippen LogP contribution in [-0.4, -0.2) is 40.5 Å². The molecule has 1 rings (SSSR count). The second-order valence-corrected chi connectivity index (χ2v) is 4.69. The molecule has 0 spiro atoms. The number of hydrogen-bond donors (Lipinski definition) is 1. The van der Waals surface area contributed by atoms with Crippen LogP contribution >= 0.6 is 0 Å². The zero-order valence-electron chi connectivity index (χ0n) is 11.4. The van der Waals surface area contributed by atoms with E-state index in [1.54, 1.807) is 0 Å². The van der Waals surface area contributed by atoms with E-state index in [4.69, 9.17) is 5.11 Å². The van der Waals surface area contributed by atoms with Crippen molar-refractivity contribution in [2.24, 2.45) is 0 Å². The van der Waals surface area contributed by atoms with Gasteiger partial charge in [0.25, 0.3) is 0 Å². The van der Waals surface area contributed by atoms with E-state index in [0.29, 0.717) is 0 Å². The number of carboxylic acid groups (broad SMARTS) is 1. The van der Waals surface area contributed by atoms with Crippen molar-refractivity contribution in [3.8, 4) is 0 Å². The third kappa shape index (κ3) is 2.94. The van der Waals surface area contributed by atoms with Gasteiger partial charge in [0.05, 0.1) is 0 Å². The van der Waals surface area contributed by atoms with Crippen molar-refractivity contribution in [3.63, 3.8) is 0 Å². The van der Waals surface area contributed by atoms with Crippen LogP contribution in [0.15, 0.2) is 30.3 Å². The van der Waals surface area contributed by atoms with Crippen molar-refractivity contribution >= 4 is 11.8 Å². The van der Waals surface area contributed by atoms with Crippen molar-refractivity contribution in [2.75, 3.05) is 0 Å². The summed E-state index contributed by atoms with van der Waals surface area (Å²) in [6, 6.07) is 5.91. The molecule has 0 unspecified atom stereocenters. The molecule has 0 heterocycles. The van der Waals surface area contributed by atoms with Crippen LogP contribution < -0.4 is 0 Å². The van der Waals surface area contributed by atoms with E-state index in [9.17, 15) is 44.7 Å². The van der Waals surface area contributed by atoms with Gasteiger partial charge in [-0.25, -0.2) is 4.79 Å². The number of aliphatic carboxylic acids is 1. The minimum absolute atomic E-state index is 0.258. The Labute approximate surface area is 128 Å². The van der Waals surface area contributed by atoms with Gasteiger partial charge in [0, 0.05) is 6.42 Å². The van der Waals surface area contributed by atoms with Crippen LogP contribution in [0.3, 0.4) is 0 Å². The summed E-state index contributed by atoms with van der Waals surface area (Å²) in [6.45, 7) is 0. The number of carboxylic acids is 1. The number of hydrogen-bond acceptors (Lipinski definition) is 2. The molecular weight excluding hydrogens is 356 g/mol. The van der Waals surface area contributed by atoms with Gasteiger partial charge in [0.2, 0.25) is 5.78 Å². The van der Waals surface area contributed by atoms with E-state index >= 15 is 0 Å². The van der Waals surface area contributed by atoms with E-state index in [1.165, 1.54) is 18.2 Å². The summed E-state index contributed by atoms with van der Waals surface area (Å²) < 4.78 is 105. The van der Waals surface area contributed by atoms with Gasteiger partial charge >= 0.3 is 29.7 Å². The first-order valence-corrected chi connectivity index (χ1v) is 6.01. The summed E-state index contributed by atoms with van der Waals surface area (Å²) in [5, 5.41) is 7.89. The topological polar surface area (TPSA) is 54.4 Å². The van der Waals surface area contributed by atoms with Crippen LogP contribution in [0.2, 0.25) is 0 Å². The molecule has 0 aliphatic heterocycles. The zero-order chi connectivity index (χ0) is 19.0. The summed E-state index contributed by atoms with van der Waals surface area (Å²) in [6.07, 6.45) is -1.45. The monoisotopic (exact) mass is 364 g/mol. The lowest BCUT2D eigenvalue weighted by Crippen LogP contribution is -2.66. The highest BCUT2D eigenvalue weighted by Crippen LogP contribution is 2.53. The first kappa shape index (κ1) is 19.8. The molecule has 0 saturated carbocycles. The normalized spacial score (nSPS) is 13.7. The smallest absolute Gasteiger partial charge is 0.410 e. The fourth-order valence-corrected chi connectivity index (χ4v) is 1.60. The van der Waals surface area contributed by atoms with Gasteiger partial charge < -0.3 is 5.11 Å². The fraction of sp³-hybridized carbons (Fsp3) is 0.385. The molecule has 0 fully saturated rings. The van der Waals surface area contributed by atoms with Gasteiger partial charge in [-0.05, 0) is 5.56 Å². The zero-order valence-corrected chi connectivity index (χ0v) is 11.4. The number of carbonyl (C=O) groups is 2. The molecule has 0 amide bonds. The molecule has 0 radical (unpaired) electrons. The summed E-state index contributed by atoms with van der Waals surface area (Å²) in [5.41, 5.74) is -0.258. The van der Waals surface area contributed by atoms with Crippen LogP contribution in [0, 0.1) is 0 Å². The fourth-order valence-electron chi connectivity index (χ4n) is 1.60. The number of ketones is 1. The lowest BCUT2D eigenvalue weighted by atomic mass is 9.93. The van der Waals surface area contributed by atoms with Crippen molar-refractivity contribution in [1.29, 1.82) is 0 Å². The van der Waals surface area contributed by atoms with E-state index in [1.807, 2.05) is 0 Å². The molecule has 0 aromatic heterocycles. The number of rotatable bonds is 7. The molecule has 0 aliphatic carbocycles. The minimum Gasteiger partial charge on any atom is -0.477 e. The maximum atomic E-state index is 13.5. The molecule has 0 aliphatic rings. The number of benzene rings is 1. The molecular formula is C13H8F8O3. The molecule has 1 aromatic rings. The van der Waals surface area contributed by atoms with Gasteiger partial charge in [0.1, 0.15) is 0 Å². The van der Waals surface area contributed by atoms with Crippen molar-refractivity contribution in [3.05, 3.63) is 35.9 Å². The van der Waals surface area contributed by atoms with Crippen molar-refractivity contribution in [2.45, 2.75) is 30.1 Å². The van der Waals surface area contributed by atoms with Gasteiger partial charge in [-0.15, -0.1) is 0 Å². The Morgan fingerprint density at radius 2 is 1.21 bits per heavy atom. The Kier molecular flexibility index (Phi) is 4.98. The maximum Gasteiger partial charge on any atom is 0.410 e. The lowest BCUT2D eigenvalue weighted by molar-refractivity contribution is -0.350. The average molecular weight is 364 g/mol. The first-order valence-electron chi connectivity index (χ1n) is 6.01. The van der Waals surface area contributed by atoms with Gasteiger partial charge in [0.15, 0.2) is 0 Å². The predicted octanol–water partition coefficient (Wildman–Crippen LogP) is 3.42. The van der Waals surface area contributed by atoms with Gasteiger partial charge in [-0.1, -0.05) is 30.3 Å². The van der Waals surface area contributed by atoms with E-state index < -0.39 is 41.9 Å². The number of carbonyl (C=O) groups excluding carboxylic acids is 1. The first-order chi connectivity index (χ1) is 10.7. The van der Waals surface area contributed by atoms with Gasteiger partial charge in [-0.2, -0.15) is 35.1 Å². The molecule has 0 bridgehead atoms. The highest BCUT2D eigenvalue weighted by atomic mass is 19.4. The number of Topliss-reactive ketones (excluding diaryl/α,β-unsaturated/α-hetero) is 1. The molecule has 24 heavy (non-hydrogen) atoms. The standard InChI is InChI=1S/C13H8F8O3/c14-10(15,8(22)6-7-4-2-1-3-5-7)12(18,19)13(20,21)11(16,17)9(23)24/h1-5H,6H2,(H,23,24). The molecule has 3 nitrogen and oxygen atoms in total. The maximum absolute atomic E-state index is 13.5. The lowest BCUT2D eigenvalue weighted by Gasteiger charge is -2.34. The third-order valence-corrected chi connectivity index (χ3v) is 3.01. The Hall–Kier alpha value is -2.20. The summed E-state index contributed by atoms with van der Waals surface area (Å²) >= 11 is 0. The molecule has 0 saturated heterocycles. The summed E-state index contributed by atoms with van der Waals surface area (Å²) in [7, 11) is 0. The SMILES string of the molecule is O=C(O)C(F)(F)C(F)(F)C(F)(F)C(F)(F)C(=O)Cc1ccccc1. The van der Waals surface area contributed by atoms with E-state index in [0.717, 1.165) is 12.1 Å². The van der Waals surface area contributed by atoms with E-state index in [2.05, 4.69) is 0 Å². The van der Waals surface area contributed by atoms with Crippen molar-refractivity contribution < 1.29 is 49.8 Å². The quantitative estimate of drug-likeness (QED) is 0.755. The third-order valence-electron chi connectivity index (χ3n) is 3.01. The largest absolute Gasteiger partial charge is 0.477 e. The Morgan fingerprint density at radius 3 is 1.62 bits per heavy atom. The predicted molar refractivity (Wildman–Crippen MR) is 62.6 cm³/mol. The van der Waals surface area contributed by atoms with Crippen LogP contribution in [0.1, 0.15) is 5.56 Å². The average Bonchev–Trinajstić information content (AvgIpc) is 2.47. The highest BCUT2D eigenvalue weighted by Gasteiger charge is 2.84. The molecule has 1 aromatic carbocycles. The van der Waals surface area contributed by atoms with Crippen LogP contribution in [-0.2, 0) is 16.0 Å². The highest BCUT2D eigenvalue weighted by molar-refractivity contribution is 5.89. The Bertz CT molecular complexity index is 627. The van der Waals surface area contributed by atoms with Crippen LogP contribution in [0.4, 0.5) is 35.1 Å². The Balaban J connectivity index is 3.23. The van der Waals surface area contributed by atoms with Crippen LogP contribution in [0.25, 0.3) is 0 Å². The second-order valence-electron chi connectivity index (χ2n) is 4.69. The molecule has 0 atom stereocenters. The summed E-state index contributed by atoms with van der Waals surface area (Å²) in [4.78, 5) is 21.3. The molecule has 1 N–H and O–H groups in total. The van der Waals surface area contributed by atoms with Crippen LogP contribution in [0.5, 0.6) is 0 Å². The van der Waals surface area contributed by atoms with Gasteiger partial charge in [-0.3, -0.25) is 4.79 Å². The Morgan fingerprint density at radius 1 is 0.792 bits per heavy atom. The number of halogens is 8.